The van der Waals surface area contributed by atoms with Crippen LogP contribution in [0.5, 0.6) is 5.75 Å². The molecule has 0 saturated heterocycles. The van der Waals surface area contributed by atoms with Crippen molar-refractivity contribution in [3.05, 3.63) is 84.2 Å². The molecule has 0 aromatic heterocycles. The van der Waals surface area contributed by atoms with Crippen LogP contribution in [0.4, 0.5) is 20.6 Å². The number of halogens is 1. The van der Waals surface area contributed by atoms with Gasteiger partial charge in [0.2, 0.25) is 0 Å². The molecular weight excluding hydrogens is 639 g/mol. The summed E-state index contributed by atoms with van der Waals surface area (Å²) in [6, 6.07) is 17.0. The molecule has 1 aliphatic rings. The van der Waals surface area contributed by atoms with Crippen molar-refractivity contribution in [1.29, 1.82) is 0 Å². The first-order valence-corrected chi connectivity index (χ1v) is 17.6. The van der Waals surface area contributed by atoms with Crippen LogP contribution >= 0.6 is 0 Å². The van der Waals surface area contributed by atoms with Gasteiger partial charge < -0.3 is 29.7 Å². The Morgan fingerprint density at radius 1 is 1.06 bits per heavy atom. The van der Waals surface area contributed by atoms with Gasteiger partial charge in [-0.3, -0.25) is 9.52 Å². The number of likely N-dealkylation sites (N-methyl/N-ethyl adjacent to an activating group) is 1. The third-order valence-corrected chi connectivity index (χ3v) is 9.65. The Bertz CT molecular complexity index is 1630. The molecule has 4 rings (SSSR count). The first-order valence-electron chi connectivity index (χ1n) is 16.1. The summed E-state index contributed by atoms with van der Waals surface area (Å²) in [5, 5.41) is 12.9. The lowest BCUT2D eigenvalue weighted by Gasteiger charge is -2.35. The number of nitrogens with one attached hydrogen (secondary N) is 2. The zero-order chi connectivity index (χ0) is 34.8. The fourth-order valence-electron chi connectivity index (χ4n) is 5.37. The molecule has 4 atom stereocenters. The molecule has 3 amide bonds. The number of carbonyl (C=O) groups excluding carboxylic acids is 2. The number of nitrogens with zero attached hydrogens (tertiary/aromatic N) is 2. The second-order valence-corrected chi connectivity index (χ2v) is 13.9. The number of benzene rings is 3. The number of urea groups is 1. The number of rotatable bonds is 8. The highest BCUT2D eigenvalue weighted by Gasteiger charge is 2.31. The van der Waals surface area contributed by atoms with E-state index in [1.165, 1.54) is 52.3 Å². The molecule has 48 heavy (non-hydrogen) atoms. The minimum atomic E-state index is -3.93. The van der Waals surface area contributed by atoms with Gasteiger partial charge in [-0.1, -0.05) is 25.1 Å². The summed E-state index contributed by atoms with van der Waals surface area (Å²) in [7, 11) is -2.30. The lowest BCUT2D eigenvalue weighted by molar-refractivity contribution is -0.0115. The third-order valence-electron chi connectivity index (χ3n) is 8.25. The van der Waals surface area contributed by atoms with Gasteiger partial charge >= 0.3 is 6.03 Å². The monoisotopic (exact) mass is 684 g/mol. The average molecular weight is 685 g/mol. The highest BCUT2D eigenvalue weighted by atomic mass is 32.2. The Kier molecular flexibility index (Phi) is 12.8. The number of sulfonamides is 1. The fraction of sp³-hybridized carbons (Fsp3) is 0.429. The molecule has 0 saturated carbocycles. The van der Waals surface area contributed by atoms with Crippen molar-refractivity contribution in [2.75, 3.05) is 43.4 Å². The van der Waals surface area contributed by atoms with Crippen molar-refractivity contribution in [3.8, 4) is 5.75 Å². The standard InChI is InChI=1S/C35H45FN4O7S/c1-24-21-40(25(2)23-41)34(42)31-20-29(38-48(44,45)30-11-6-5-7-12-30)17-18-32(31)47-26(3)10-8-9-19-46-33(24)22-39(4)35(43)37-28-15-13-27(36)14-16-28/h5-7,11-18,20,24-26,33,38,41H,8-10,19,21-23H2,1-4H3,(H,37,43)/t24-,25+,26-,33-/m1/s1. The molecule has 260 valence electrons. The number of aliphatic hydroxyl groups excluding tert-OH is 1. The predicted octanol–water partition coefficient (Wildman–Crippen LogP) is 5.59. The van der Waals surface area contributed by atoms with E-state index in [2.05, 4.69) is 10.0 Å². The summed E-state index contributed by atoms with van der Waals surface area (Å²) < 4.78 is 54.6. The molecular formula is C35H45FN4O7S. The second-order valence-electron chi connectivity index (χ2n) is 12.2. The van der Waals surface area contributed by atoms with Gasteiger partial charge in [0.15, 0.2) is 0 Å². The SMILES string of the molecule is C[C@@H]1CCCCO[C@H](CN(C)C(=O)Nc2ccc(F)cc2)[C@H](C)CN([C@@H](C)CO)C(=O)c2cc(NS(=O)(=O)c3ccccc3)ccc2O1. The van der Waals surface area contributed by atoms with Crippen LogP contribution in [0.25, 0.3) is 0 Å². The van der Waals surface area contributed by atoms with Crippen molar-refractivity contribution in [2.24, 2.45) is 5.92 Å². The Labute approximate surface area is 282 Å². The van der Waals surface area contributed by atoms with E-state index in [1.807, 2.05) is 13.8 Å². The quantitative estimate of drug-likeness (QED) is 0.282. The lowest BCUT2D eigenvalue weighted by atomic mass is 10.0. The van der Waals surface area contributed by atoms with Crippen LogP contribution in [0.3, 0.4) is 0 Å². The van der Waals surface area contributed by atoms with Gasteiger partial charge in [-0.15, -0.1) is 0 Å². The van der Waals surface area contributed by atoms with Crippen molar-refractivity contribution >= 4 is 33.3 Å². The van der Waals surface area contributed by atoms with E-state index in [4.69, 9.17) is 9.47 Å². The van der Waals surface area contributed by atoms with Crippen molar-refractivity contribution in [3.63, 3.8) is 0 Å². The van der Waals surface area contributed by atoms with E-state index >= 15 is 0 Å². The van der Waals surface area contributed by atoms with Gasteiger partial charge in [0.1, 0.15) is 11.6 Å². The van der Waals surface area contributed by atoms with Gasteiger partial charge in [0.25, 0.3) is 15.9 Å². The normalized spacial score (nSPS) is 20.1. The van der Waals surface area contributed by atoms with E-state index in [-0.39, 0.29) is 47.9 Å². The van der Waals surface area contributed by atoms with Crippen LogP contribution in [0, 0.1) is 11.7 Å². The molecule has 3 N–H and O–H groups in total. The molecule has 13 heteroatoms. The van der Waals surface area contributed by atoms with Crippen LogP contribution in [0.2, 0.25) is 0 Å². The first kappa shape index (κ1) is 36.6. The minimum Gasteiger partial charge on any atom is -0.490 e. The van der Waals surface area contributed by atoms with Crippen molar-refractivity contribution in [2.45, 2.75) is 63.2 Å². The highest BCUT2D eigenvalue weighted by Crippen LogP contribution is 2.29. The van der Waals surface area contributed by atoms with Gasteiger partial charge in [-0.25, -0.2) is 17.6 Å². The van der Waals surface area contributed by atoms with E-state index < -0.39 is 39.9 Å². The Morgan fingerprint density at radius 3 is 2.44 bits per heavy atom. The Balaban J connectivity index is 1.62. The molecule has 3 aromatic carbocycles. The predicted molar refractivity (Wildman–Crippen MR) is 182 cm³/mol. The Hall–Kier alpha value is -4.20. The van der Waals surface area contributed by atoms with E-state index in [1.54, 1.807) is 44.3 Å². The number of carbonyl (C=O) groups is 2. The maximum Gasteiger partial charge on any atom is 0.321 e. The number of hydrogen-bond acceptors (Lipinski definition) is 7. The van der Waals surface area contributed by atoms with Crippen molar-refractivity contribution < 1.29 is 37.0 Å². The van der Waals surface area contributed by atoms with Gasteiger partial charge in [-0.05, 0) is 87.7 Å². The summed E-state index contributed by atoms with van der Waals surface area (Å²) >= 11 is 0. The first-order chi connectivity index (χ1) is 22.9. The largest absolute Gasteiger partial charge is 0.490 e. The van der Waals surface area contributed by atoms with Crippen LogP contribution in [0.1, 0.15) is 50.4 Å². The average Bonchev–Trinajstić information content (AvgIpc) is 3.07. The number of fused-ring (bicyclic) bond motifs is 1. The van der Waals surface area contributed by atoms with Crippen LogP contribution < -0.4 is 14.8 Å². The zero-order valence-corrected chi connectivity index (χ0v) is 28.6. The molecule has 1 aliphatic heterocycles. The third kappa shape index (κ3) is 9.91. The Morgan fingerprint density at radius 2 is 1.75 bits per heavy atom. The highest BCUT2D eigenvalue weighted by molar-refractivity contribution is 7.92. The molecule has 0 unspecified atom stereocenters. The summed E-state index contributed by atoms with van der Waals surface area (Å²) in [6.07, 6.45) is 1.47. The van der Waals surface area contributed by atoms with Crippen molar-refractivity contribution in [1.82, 2.24) is 9.80 Å². The fourth-order valence-corrected chi connectivity index (χ4v) is 6.44. The molecule has 0 radical (unpaired) electrons. The molecule has 3 aromatic rings. The summed E-state index contributed by atoms with van der Waals surface area (Å²) in [5.74, 6) is -0.854. The smallest absolute Gasteiger partial charge is 0.321 e. The van der Waals surface area contributed by atoms with E-state index in [0.717, 1.165) is 12.8 Å². The van der Waals surface area contributed by atoms with Crippen LogP contribution in [-0.2, 0) is 14.8 Å². The second kappa shape index (κ2) is 16.8. The topological polar surface area (TPSA) is 138 Å². The minimum absolute atomic E-state index is 0.0768. The van der Waals surface area contributed by atoms with Crippen LogP contribution in [-0.4, -0.2) is 86.9 Å². The maximum absolute atomic E-state index is 14.3. The summed E-state index contributed by atoms with van der Waals surface area (Å²) in [4.78, 5) is 30.4. The number of ether oxygens (including phenoxy) is 2. The number of anilines is 2. The molecule has 0 fully saturated rings. The molecule has 1 heterocycles. The molecule has 11 nitrogen and oxygen atoms in total. The number of aliphatic hydroxyl groups is 1. The number of hydrogen-bond donors (Lipinski definition) is 3. The summed E-state index contributed by atoms with van der Waals surface area (Å²) in [5.41, 5.74) is 0.776. The summed E-state index contributed by atoms with van der Waals surface area (Å²) in [6.45, 7) is 6.00. The van der Waals surface area contributed by atoms with Gasteiger partial charge in [0.05, 0.1) is 35.3 Å². The zero-order valence-electron chi connectivity index (χ0n) is 27.8. The van der Waals surface area contributed by atoms with Gasteiger partial charge in [0, 0.05) is 44.0 Å². The van der Waals surface area contributed by atoms with E-state index in [9.17, 15) is 27.5 Å². The lowest BCUT2D eigenvalue weighted by Crippen LogP contribution is -2.48. The van der Waals surface area contributed by atoms with E-state index in [0.29, 0.717) is 24.5 Å². The molecule has 0 spiro atoms. The molecule has 0 bridgehead atoms. The van der Waals surface area contributed by atoms with Gasteiger partial charge in [-0.2, -0.15) is 0 Å². The maximum atomic E-state index is 14.3. The number of amides is 3. The molecule has 0 aliphatic carbocycles. The van der Waals surface area contributed by atoms with Crippen LogP contribution in [0.15, 0.2) is 77.7 Å².